The predicted octanol–water partition coefficient (Wildman–Crippen LogP) is 6.12. The van der Waals surface area contributed by atoms with Crippen molar-refractivity contribution in [1.82, 2.24) is 0 Å². The molecule has 0 aliphatic rings. The lowest BCUT2D eigenvalue weighted by Crippen LogP contribution is -1.88. The van der Waals surface area contributed by atoms with Crippen LogP contribution in [0.3, 0.4) is 0 Å². The van der Waals surface area contributed by atoms with Crippen LogP contribution >= 0.6 is 0 Å². The van der Waals surface area contributed by atoms with Gasteiger partial charge in [0.15, 0.2) is 0 Å². The monoisotopic (exact) mass is 298 g/mol. The summed E-state index contributed by atoms with van der Waals surface area (Å²) in [6.07, 6.45) is 16.6. The van der Waals surface area contributed by atoms with Gasteiger partial charge >= 0.3 is 0 Å². The van der Waals surface area contributed by atoms with Gasteiger partial charge in [-0.1, -0.05) is 64.0 Å². The van der Waals surface area contributed by atoms with E-state index >= 15 is 0 Å². The first-order chi connectivity index (χ1) is 10.5. The highest BCUT2D eigenvalue weighted by Crippen LogP contribution is 2.10. The third-order valence-corrected chi connectivity index (χ3v) is 2.35. The Balaban J connectivity index is 4.29. The second kappa shape index (κ2) is 12.3. The van der Waals surface area contributed by atoms with Crippen LogP contribution < -0.4 is 0 Å². The molecule has 0 aromatic carbocycles. The van der Waals surface area contributed by atoms with Crippen molar-refractivity contribution in [3.63, 3.8) is 0 Å². The van der Waals surface area contributed by atoms with E-state index in [9.17, 15) is 0 Å². The molecule has 0 saturated carbocycles. The van der Waals surface area contributed by atoms with E-state index in [1.165, 1.54) is 0 Å². The molecule has 0 N–H and O–H groups in total. The van der Waals surface area contributed by atoms with Crippen molar-refractivity contribution in [2.75, 3.05) is 0 Å². The normalized spacial score (nSPS) is 12.0. The van der Waals surface area contributed by atoms with Crippen molar-refractivity contribution in [3.8, 4) is 0 Å². The van der Waals surface area contributed by atoms with Crippen LogP contribution in [0.1, 0.15) is 26.7 Å². The number of hydrogen-bond donors (Lipinski definition) is 0. The SMILES string of the molecule is C=C/C=C\C(=C)OC(=C)/C=C\C(=C)O/C(C)=C/C=C\CCC. The van der Waals surface area contributed by atoms with E-state index in [1.54, 1.807) is 30.4 Å². The summed E-state index contributed by atoms with van der Waals surface area (Å²) >= 11 is 0. The van der Waals surface area contributed by atoms with Crippen molar-refractivity contribution in [3.05, 3.63) is 98.0 Å². The first-order valence-corrected chi connectivity index (χ1v) is 7.22. The summed E-state index contributed by atoms with van der Waals surface area (Å²) in [5.74, 6) is 2.22. The van der Waals surface area contributed by atoms with Gasteiger partial charge < -0.3 is 9.47 Å². The van der Waals surface area contributed by atoms with Gasteiger partial charge in [-0.15, -0.1) is 0 Å². The Bertz CT molecular complexity index is 514. The lowest BCUT2D eigenvalue weighted by atomic mass is 10.3. The van der Waals surface area contributed by atoms with Gasteiger partial charge in [0.2, 0.25) is 0 Å². The van der Waals surface area contributed by atoms with Gasteiger partial charge in [0, 0.05) is 0 Å². The highest BCUT2D eigenvalue weighted by Gasteiger charge is 1.94. The minimum atomic E-state index is 0.452. The van der Waals surface area contributed by atoms with Crippen LogP contribution in [0.15, 0.2) is 98.0 Å². The molecule has 2 nitrogen and oxygen atoms in total. The van der Waals surface area contributed by atoms with Crippen molar-refractivity contribution < 1.29 is 9.47 Å². The highest BCUT2D eigenvalue weighted by molar-refractivity contribution is 5.22. The molecule has 0 aromatic rings. The van der Waals surface area contributed by atoms with E-state index in [2.05, 4.69) is 39.3 Å². The van der Waals surface area contributed by atoms with Crippen molar-refractivity contribution in [2.24, 2.45) is 0 Å². The molecule has 118 valence electrons. The molecule has 0 fully saturated rings. The Hall–Kier alpha value is -2.48. The van der Waals surface area contributed by atoms with Gasteiger partial charge in [-0.3, -0.25) is 0 Å². The van der Waals surface area contributed by atoms with Crippen LogP contribution in [-0.2, 0) is 9.47 Å². The van der Waals surface area contributed by atoms with Gasteiger partial charge in [-0.2, -0.15) is 0 Å². The zero-order chi connectivity index (χ0) is 16.8. The first-order valence-electron chi connectivity index (χ1n) is 7.22. The van der Waals surface area contributed by atoms with Crippen LogP contribution in [0, 0.1) is 0 Å². The highest BCUT2D eigenvalue weighted by atomic mass is 16.5. The second-order valence-electron chi connectivity index (χ2n) is 4.53. The Morgan fingerprint density at radius 1 is 0.909 bits per heavy atom. The molecule has 0 radical (unpaired) electrons. The average Bonchev–Trinajstić information content (AvgIpc) is 2.47. The first kappa shape index (κ1) is 19.5. The van der Waals surface area contributed by atoms with Crippen LogP contribution in [0.25, 0.3) is 0 Å². The Morgan fingerprint density at radius 2 is 1.50 bits per heavy atom. The fraction of sp³-hybridized carbons (Fsp3) is 0.200. The van der Waals surface area contributed by atoms with E-state index in [-0.39, 0.29) is 0 Å². The molecule has 2 heteroatoms. The minimum absolute atomic E-state index is 0.452. The summed E-state index contributed by atoms with van der Waals surface area (Å²) in [5.41, 5.74) is 0. The summed E-state index contributed by atoms with van der Waals surface area (Å²) in [4.78, 5) is 0. The Kier molecular flexibility index (Phi) is 10.9. The number of rotatable bonds is 11. The van der Waals surface area contributed by atoms with Crippen molar-refractivity contribution >= 4 is 0 Å². The van der Waals surface area contributed by atoms with Crippen LogP contribution in [0.2, 0.25) is 0 Å². The maximum Gasteiger partial charge on any atom is 0.120 e. The molecular formula is C20H26O2. The van der Waals surface area contributed by atoms with E-state index in [4.69, 9.17) is 9.47 Å². The van der Waals surface area contributed by atoms with E-state index < -0.39 is 0 Å². The molecule has 0 unspecified atom stereocenters. The smallest absolute Gasteiger partial charge is 0.120 e. The zero-order valence-electron chi connectivity index (χ0n) is 13.7. The Morgan fingerprint density at radius 3 is 2.09 bits per heavy atom. The molecule has 0 spiro atoms. The maximum absolute atomic E-state index is 5.53. The third-order valence-electron chi connectivity index (χ3n) is 2.35. The van der Waals surface area contributed by atoms with Crippen LogP contribution in [0.4, 0.5) is 0 Å². The molecule has 0 saturated heterocycles. The molecule has 0 aliphatic heterocycles. The summed E-state index contributed by atoms with van der Waals surface area (Å²) in [6.45, 7) is 18.9. The lowest BCUT2D eigenvalue weighted by molar-refractivity contribution is 0.321. The number of ether oxygens (including phenoxy) is 2. The molecule has 0 atom stereocenters. The quantitative estimate of drug-likeness (QED) is 0.338. The average molecular weight is 298 g/mol. The topological polar surface area (TPSA) is 18.5 Å². The molecule has 0 heterocycles. The maximum atomic E-state index is 5.53. The van der Waals surface area contributed by atoms with Crippen molar-refractivity contribution in [1.29, 1.82) is 0 Å². The fourth-order valence-electron chi connectivity index (χ4n) is 1.34. The number of hydrogen-bond acceptors (Lipinski definition) is 2. The van der Waals surface area contributed by atoms with Gasteiger partial charge in [-0.05, 0) is 37.6 Å². The standard InChI is InChI=1S/C20H26O2/c1-7-9-11-12-14-18(4)22-20(6)16-15-19(5)21-17(3)13-10-8-2/h8,10-16H,2-3,5-7,9H2,1,4H3/b12-11-,13-10-,16-15-,18-14+. The largest absolute Gasteiger partial charge is 0.463 e. The lowest BCUT2D eigenvalue weighted by Gasteiger charge is -2.06. The Labute approximate surface area is 134 Å². The molecule has 0 amide bonds. The molecule has 0 aromatic heterocycles. The summed E-state index contributed by atoms with van der Waals surface area (Å²) < 4.78 is 10.9. The third kappa shape index (κ3) is 11.4. The van der Waals surface area contributed by atoms with Gasteiger partial charge in [-0.25, -0.2) is 0 Å². The molecule has 0 rings (SSSR count). The van der Waals surface area contributed by atoms with Crippen LogP contribution in [-0.4, -0.2) is 0 Å². The van der Waals surface area contributed by atoms with E-state index in [0.29, 0.717) is 17.3 Å². The number of allylic oxidation sites excluding steroid dienone is 9. The van der Waals surface area contributed by atoms with Crippen molar-refractivity contribution in [2.45, 2.75) is 26.7 Å². The van der Waals surface area contributed by atoms with Crippen LogP contribution in [0.5, 0.6) is 0 Å². The van der Waals surface area contributed by atoms with Gasteiger partial charge in [0.25, 0.3) is 0 Å². The molecule has 0 aliphatic carbocycles. The molecular weight excluding hydrogens is 272 g/mol. The fourth-order valence-corrected chi connectivity index (χ4v) is 1.34. The van der Waals surface area contributed by atoms with Gasteiger partial charge in [0.1, 0.15) is 23.0 Å². The minimum Gasteiger partial charge on any atom is -0.463 e. The van der Waals surface area contributed by atoms with Gasteiger partial charge in [0.05, 0.1) is 0 Å². The molecule has 0 bridgehead atoms. The van der Waals surface area contributed by atoms with E-state index in [1.807, 2.05) is 19.1 Å². The molecule has 22 heavy (non-hydrogen) atoms. The second-order valence-corrected chi connectivity index (χ2v) is 4.53. The predicted molar refractivity (Wildman–Crippen MR) is 95.9 cm³/mol. The summed E-state index contributed by atoms with van der Waals surface area (Å²) in [7, 11) is 0. The summed E-state index contributed by atoms with van der Waals surface area (Å²) in [6, 6.07) is 0. The zero-order valence-corrected chi connectivity index (χ0v) is 13.7. The summed E-state index contributed by atoms with van der Waals surface area (Å²) in [5, 5.41) is 0. The van der Waals surface area contributed by atoms with E-state index in [0.717, 1.165) is 18.6 Å². The number of unbranched alkanes of at least 4 members (excludes halogenated alkanes) is 1.